The number of hydrogen-bond donors (Lipinski definition) is 0. The highest BCUT2D eigenvalue weighted by molar-refractivity contribution is 7.89. The number of sulfonamides is 1. The summed E-state index contributed by atoms with van der Waals surface area (Å²) in [6.07, 6.45) is 1.96. The van der Waals surface area contributed by atoms with E-state index in [1.165, 1.54) is 0 Å². The summed E-state index contributed by atoms with van der Waals surface area (Å²) in [7, 11) is -3.16. The molecule has 0 N–H and O–H groups in total. The fourth-order valence-electron chi connectivity index (χ4n) is 2.13. The van der Waals surface area contributed by atoms with Crippen LogP contribution in [0.3, 0.4) is 0 Å². The number of hydrogen-bond acceptors (Lipinski definition) is 2. The van der Waals surface area contributed by atoms with Crippen LogP contribution in [0.5, 0.6) is 0 Å². The SMILES string of the molecule is CC(C)C1CCN(S(=O)(=O)C(C)CCl)CC1. The van der Waals surface area contributed by atoms with Crippen LogP contribution in [0.1, 0.15) is 33.6 Å². The van der Waals surface area contributed by atoms with Crippen LogP contribution in [0.4, 0.5) is 0 Å². The summed E-state index contributed by atoms with van der Waals surface area (Å²) < 4.78 is 25.7. The zero-order chi connectivity index (χ0) is 12.3. The molecule has 1 aliphatic heterocycles. The van der Waals surface area contributed by atoms with Crippen molar-refractivity contribution in [2.45, 2.75) is 38.9 Å². The maximum atomic E-state index is 12.0. The molecule has 0 aromatic heterocycles. The highest BCUT2D eigenvalue weighted by Gasteiger charge is 2.32. The molecule has 96 valence electrons. The third-order valence-electron chi connectivity index (χ3n) is 3.53. The first-order chi connectivity index (χ1) is 7.39. The summed E-state index contributed by atoms with van der Waals surface area (Å²) in [5.41, 5.74) is 0. The molecule has 0 aromatic carbocycles. The minimum atomic E-state index is -3.16. The van der Waals surface area contributed by atoms with Crippen molar-refractivity contribution in [3.8, 4) is 0 Å². The van der Waals surface area contributed by atoms with E-state index in [-0.39, 0.29) is 5.88 Å². The number of rotatable bonds is 4. The topological polar surface area (TPSA) is 37.4 Å². The normalized spacial score (nSPS) is 22.6. The summed E-state index contributed by atoms with van der Waals surface area (Å²) in [6, 6.07) is 0. The van der Waals surface area contributed by atoms with Gasteiger partial charge in [-0.15, -0.1) is 11.6 Å². The monoisotopic (exact) mass is 267 g/mol. The van der Waals surface area contributed by atoms with E-state index >= 15 is 0 Å². The molecule has 1 atom stereocenters. The van der Waals surface area contributed by atoms with Crippen LogP contribution in [0.25, 0.3) is 0 Å². The molecule has 0 bridgehead atoms. The summed E-state index contributed by atoms with van der Waals surface area (Å²) in [5.74, 6) is 1.49. The van der Waals surface area contributed by atoms with Crippen LogP contribution in [-0.2, 0) is 10.0 Å². The molecule has 0 radical (unpaired) electrons. The Morgan fingerprint density at radius 3 is 2.12 bits per heavy atom. The molecule has 1 aliphatic rings. The van der Waals surface area contributed by atoms with Crippen LogP contribution in [-0.4, -0.2) is 36.9 Å². The zero-order valence-electron chi connectivity index (χ0n) is 10.3. The lowest BCUT2D eigenvalue weighted by Crippen LogP contribution is -2.43. The van der Waals surface area contributed by atoms with Gasteiger partial charge in [-0.25, -0.2) is 12.7 Å². The van der Waals surface area contributed by atoms with Crippen LogP contribution in [0.15, 0.2) is 0 Å². The van der Waals surface area contributed by atoms with E-state index in [0.29, 0.717) is 24.9 Å². The van der Waals surface area contributed by atoms with Crippen molar-refractivity contribution in [3.63, 3.8) is 0 Å². The first kappa shape index (κ1) is 14.3. The van der Waals surface area contributed by atoms with E-state index in [4.69, 9.17) is 11.6 Å². The second-order valence-electron chi connectivity index (χ2n) is 4.99. The standard InChI is InChI=1S/C11H22ClNO2S/c1-9(2)11-4-6-13(7-5-11)16(14,15)10(3)8-12/h9-11H,4-8H2,1-3H3. The van der Waals surface area contributed by atoms with Gasteiger partial charge in [0.2, 0.25) is 10.0 Å². The van der Waals surface area contributed by atoms with Crippen molar-refractivity contribution in [1.82, 2.24) is 4.31 Å². The van der Waals surface area contributed by atoms with Gasteiger partial charge in [0.25, 0.3) is 0 Å². The molecule has 0 amide bonds. The quantitative estimate of drug-likeness (QED) is 0.733. The first-order valence-corrected chi connectivity index (χ1v) is 7.98. The van der Waals surface area contributed by atoms with Crippen molar-refractivity contribution in [3.05, 3.63) is 0 Å². The van der Waals surface area contributed by atoms with Crippen molar-refractivity contribution in [1.29, 1.82) is 0 Å². The molecular weight excluding hydrogens is 246 g/mol. The molecule has 5 heteroatoms. The average Bonchev–Trinajstić information content (AvgIpc) is 2.28. The number of nitrogens with zero attached hydrogens (tertiary/aromatic N) is 1. The van der Waals surface area contributed by atoms with Gasteiger partial charge in [-0.05, 0) is 31.6 Å². The van der Waals surface area contributed by atoms with Gasteiger partial charge in [-0.1, -0.05) is 13.8 Å². The second kappa shape index (κ2) is 5.69. The average molecular weight is 268 g/mol. The molecule has 1 heterocycles. The van der Waals surface area contributed by atoms with Gasteiger partial charge >= 0.3 is 0 Å². The number of alkyl halides is 1. The van der Waals surface area contributed by atoms with E-state index in [2.05, 4.69) is 13.8 Å². The Kier molecular flexibility index (Phi) is 5.08. The zero-order valence-corrected chi connectivity index (χ0v) is 11.9. The van der Waals surface area contributed by atoms with Crippen LogP contribution in [0.2, 0.25) is 0 Å². The summed E-state index contributed by atoms with van der Waals surface area (Å²) >= 11 is 5.63. The van der Waals surface area contributed by atoms with Gasteiger partial charge < -0.3 is 0 Å². The van der Waals surface area contributed by atoms with Gasteiger partial charge in [0.05, 0.1) is 5.25 Å². The molecule has 1 unspecified atom stereocenters. The Balaban J connectivity index is 2.60. The van der Waals surface area contributed by atoms with Crippen LogP contribution in [0, 0.1) is 11.8 Å². The molecule has 1 saturated heterocycles. The third kappa shape index (κ3) is 3.11. The highest BCUT2D eigenvalue weighted by atomic mass is 35.5. The minimum absolute atomic E-state index is 0.173. The highest BCUT2D eigenvalue weighted by Crippen LogP contribution is 2.26. The van der Waals surface area contributed by atoms with Crippen molar-refractivity contribution < 1.29 is 8.42 Å². The Morgan fingerprint density at radius 2 is 1.75 bits per heavy atom. The lowest BCUT2D eigenvalue weighted by Gasteiger charge is -2.34. The lowest BCUT2D eigenvalue weighted by molar-refractivity contribution is 0.226. The second-order valence-corrected chi connectivity index (χ2v) is 7.65. The maximum absolute atomic E-state index is 12.0. The molecule has 0 saturated carbocycles. The molecule has 0 spiro atoms. The van der Waals surface area contributed by atoms with Gasteiger partial charge in [0.1, 0.15) is 0 Å². The largest absolute Gasteiger partial charge is 0.217 e. The molecule has 0 aliphatic carbocycles. The first-order valence-electron chi connectivity index (χ1n) is 5.94. The van der Waals surface area contributed by atoms with E-state index in [0.717, 1.165) is 12.8 Å². The van der Waals surface area contributed by atoms with E-state index in [1.807, 2.05) is 0 Å². The van der Waals surface area contributed by atoms with E-state index in [9.17, 15) is 8.42 Å². The van der Waals surface area contributed by atoms with Gasteiger partial charge in [-0.3, -0.25) is 0 Å². The number of halogens is 1. The van der Waals surface area contributed by atoms with Crippen molar-refractivity contribution in [2.75, 3.05) is 19.0 Å². The molecular formula is C11H22ClNO2S. The van der Waals surface area contributed by atoms with Gasteiger partial charge in [0.15, 0.2) is 0 Å². The maximum Gasteiger partial charge on any atom is 0.217 e. The van der Waals surface area contributed by atoms with Gasteiger partial charge in [0, 0.05) is 19.0 Å². The minimum Gasteiger partial charge on any atom is -0.212 e. The smallest absolute Gasteiger partial charge is 0.212 e. The van der Waals surface area contributed by atoms with Gasteiger partial charge in [-0.2, -0.15) is 0 Å². The Hall–Kier alpha value is 0.200. The Morgan fingerprint density at radius 1 is 1.25 bits per heavy atom. The van der Waals surface area contributed by atoms with Crippen LogP contribution >= 0.6 is 11.6 Å². The van der Waals surface area contributed by atoms with Crippen LogP contribution < -0.4 is 0 Å². The summed E-state index contributed by atoms with van der Waals surface area (Å²) in [4.78, 5) is 0. The molecule has 16 heavy (non-hydrogen) atoms. The lowest BCUT2D eigenvalue weighted by atomic mass is 9.87. The summed E-state index contributed by atoms with van der Waals surface area (Å²) in [5, 5.41) is -0.468. The molecule has 1 rings (SSSR count). The fourth-order valence-corrected chi connectivity index (χ4v) is 4.00. The Labute approximate surface area is 104 Å². The fraction of sp³-hybridized carbons (Fsp3) is 1.00. The van der Waals surface area contributed by atoms with Crippen molar-refractivity contribution >= 4 is 21.6 Å². The molecule has 0 aromatic rings. The van der Waals surface area contributed by atoms with E-state index < -0.39 is 15.3 Å². The Bertz CT molecular complexity index is 308. The number of piperidine rings is 1. The molecule has 1 fully saturated rings. The molecule has 3 nitrogen and oxygen atoms in total. The van der Waals surface area contributed by atoms with Crippen molar-refractivity contribution in [2.24, 2.45) is 11.8 Å². The predicted molar refractivity (Wildman–Crippen MR) is 68.2 cm³/mol. The predicted octanol–water partition coefficient (Wildman–Crippen LogP) is 2.31. The summed E-state index contributed by atoms with van der Waals surface area (Å²) in [6.45, 7) is 7.40. The van der Waals surface area contributed by atoms with E-state index in [1.54, 1.807) is 11.2 Å². The third-order valence-corrected chi connectivity index (χ3v) is 6.44.